The van der Waals surface area contributed by atoms with Crippen molar-refractivity contribution in [2.75, 3.05) is 5.75 Å². The van der Waals surface area contributed by atoms with Crippen LogP contribution in [-0.2, 0) is 0 Å². The molecule has 0 radical (unpaired) electrons. The van der Waals surface area contributed by atoms with Gasteiger partial charge in [-0.15, -0.1) is 16.4 Å². The molecule has 1 fully saturated rings. The summed E-state index contributed by atoms with van der Waals surface area (Å²) in [6, 6.07) is 7.50. The van der Waals surface area contributed by atoms with Crippen LogP contribution in [0, 0.1) is 11.3 Å². The van der Waals surface area contributed by atoms with Gasteiger partial charge in [-0.25, -0.2) is 14.9 Å². The van der Waals surface area contributed by atoms with Crippen LogP contribution < -0.4 is 5.69 Å². The van der Waals surface area contributed by atoms with Crippen LogP contribution >= 0.6 is 34.7 Å². The molecule has 0 unspecified atom stereocenters. The molecule has 1 aliphatic rings. The number of aliphatic hydroxyl groups is 1. The molecule has 2 N–H and O–H groups in total. The van der Waals surface area contributed by atoms with E-state index in [0.29, 0.717) is 20.7 Å². The second-order valence-electron chi connectivity index (χ2n) is 5.77. The van der Waals surface area contributed by atoms with Gasteiger partial charge in [-0.05, 0) is 31.0 Å². The zero-order valence-corrected chi connectivity index (χ0v) is 15.7. The van der Waals surface area contributed by atoms with Crippen molar-refractivity contribution in [1.29, 1.82) is 5.26 Å². The fraction of sp³-hybridized carbons (Fsp3) is 0.250. The highest BCUT2D eigenvalue weighted by molar-refractivity contribution is 7.99. The number of aliphatic hydroxyl groups excluding tert-OH is 1. The Hall–Kier alpha value is -2.28. The van der Waals surface area contributed by atoms with Crippen LogP contribution in [0.15, 0.2) is 33.9 Å². The standard InChI is InChI=1S/C16H12ClN5O2S2/c17-8-1-4-13-11(5-8)19-14(26-13)10(6-18)12(23)7-25-16-21-20-15(24)22(16)9-2-3-9/h1,4-5,9,23H,2-3,7H2,(H,20,24)/b12-10-. The van der Waals surface area contributed by atoms with Gasteiger partial charge in [0.05, 0.1) is 16.0 Å². The van der Waals surface area contributed by atoms with E-state index in [1.165, 1.54) is 23.1 Å². The number of thiazole rings is 1. The summed E-state index contributed by atoms with van der Waals surface area (Å²) in [6.07, 6.45) is 1.90. The summed E-state index contributed by atoms with van der Waals surface area (Å²) >= 11 is 8.49. The summed E-state index contributed by atoms with van der Waals surface area (Å²) in [7, 11) is 0. The number of H-pyrrole nitrogens is 1. The summed E-state index contributed by atoms with van der Waals surface area (Å²) in [5.74, 6) is 0.0248. The summed E-state index contributed by atoms with van der Waals surface area (Å²) < 4.78 is 2.48. The van der Waals surface area contributed by atoms with Gasteiger partial charge < -0.3 is 5.11 Å². The minimum absolute atomic E-state index is 0.0968. The average molecular weight is 406 g/mol. The van der Waals surface area contributed by atoms with E-state index in [1.807, 2.05) is 12.1 Å². The van der Waals surface area contributed by atoms with Gasteiger partial charge in [0.2, 0.25) is 0 Å². The highest BCUT2D eigenvalue weighted by atomic mass is 35.5. The van der Waals surface area contributed by atoms with E-state index in [4.69, 9.17) is 11.6 Å². The molecule has 3 aromatic rings. The average Bonchev–Trinajstić information content (AvgIpc) is 3.26. The minimum atomic E-state index is -0.248. The van der Waals surface area contributed by atoms with E-state index in [2.05, 4.69) is 15.2 Å². The Bertz CT molecular complexity index is 1120. The Balaban J connectivity index is 1.60. The molecule has 2 heterocycles. The lowest BCUT2D eigenvalue weighted by Crippen LogP contribution is -2.16. The lowest BCUT2D eigenvalue weighted by atomic mass is 10.2. The number of fused-ring (bicyclic) bond motifs is 1. The van der Waals surface area contributed by atoms with Crippen molar-refractivity contribution in [3.8, 4) is 6.07 Å². The van der Waals surface area contributed by atoms with Crippen molar-refractivity contribution in [2.24, 2.45) is 0 Å². The van der Waals surface area contributed by atoms with Crippen LogP contribution in [-0.4, -0.2) is 30.6 Å². The molecule has 4 rings (SSSR count). The highest BCUT2D eigenvalue weighted by Crippen LogP contribution is 2.36. The zero-order valence-electron chi connectivity index (χ0n) is 13.3. The monoisotopic (exact) mass is 405 g/mol. The predicted molar refractivity (Wildman–Crippen MR) is 102 cm³/mol. The molecule has 26 heavy (non-hydrogen) atoms. The first-order chi connectivity index (χ1) is 12.6. The number of nitrogens with zero attached hydrogens (tertiary/aromatic N) is 4. The number of halogens is 1. The number of thioether (sulfide) groups is 1. The van der Waals surface area contributed by atoms with E-state index in [0.717, 1.165) is 17.5 Å². The molecular formula is C16H12ClN5O2S2. The molecule has 0 atom stereocenters. The Morgan fingerprint density at radius 2 is 2.35 bits per heavy atom. The van der Waals surface area contributed by atoms with Crippen molar-refractivity contribution < 1.29 is 5.11 Å². The highest BCUT2D eigenvalue weighted by Gasteiger charge is 2.28. The van der Waals surface area contributed by atoms with Gasteiger partial charge >= 0.3 is 5.69 Å². The molecular weight excluding hydrogens is 394 g/mol. The number of aromatic amines is 1. The van der Waals surface area contributed by atoms with Gasteiger partial charge in [-0.1, -0.05) is 23.4 Å². The topological polar surface area (TPSA) is 108 Å². The Labute approximate surface area is 160 Å². The van der Waals surface area contributed by atoms with Gasteiger partial charge in [0.15, 0.2) is 5.16 Å². The third-order valence-electron chi connectivity index (χ3n) is 3.89. The molecule has 0 amide bonds. The Kier molecular flexibility index (Phi) is 4.48. The first-order valence-electron chi connectivity index (χ1n) is 7.75. The maximum absolute atomic E-state index is 11.8. The number of rotatable bonds is 5. The molecule has 0 spiro atoms. The predicted octanol–water partition coefficient (Wildman–Crippen LogP) is 3.75. The number of nitriles is 1. The molecule has 1 aromatic carbocycles. The van der Waals surface area contributed by atoms with Crippen molar-refractivity contribution in [1.82, 2.24) is 19.7 Å². The largest absolute Gasteiger partial charge is 0.510 e. The quantitative estimate of drug-likeness (QED) is 0.380. The van der Waals surface area contributed by atoms with Crippen molar-refractivity contribution in [3.05, 3.63) is 44.5 Å². The maximum atomic E-state index is 11.8. The first-order valence-corrected chi connectivity index (χ1v) is 9.93. The number of hydrogen-bond acceptors (Lipinski definition) is 7. The summed E-state index contributed by atoms with van der Waals surface area (Å²) in [5.41, 5.74) is 0.549. The van der Waals surface area contributed by atoms with Gasteiger partial charge in [-0.3, -0.25) is 4.57 Å². The number of nitrogens with one attached hydrogen (secondary N) is 1. The maximum Gasteiger partial charge on any atom is 0.344 e. The molecule has 1 saturated carbocycles. The second kappa shape index (κ2) is 6.79. The van der Waals surface area contributed by atoms with E-state index in [9.17, 15) is 15.2 Å². The molecule has 2 aromatic heterocycles. The van der Waals surface area contributed by atoms with Crippen LogP contribution in [0.4, 0.5) is 0 Å². The van der Waals surface area contributed by atoms with Crippen molar-refractivity contribution in [3.63, 3.8) is 0 Å². The second-order valence-corrected chi connectivity index (χ2v) is 8.18. The van der Waals surface area contributed by atoms with Gasteiger partial charge in [-0.2, -0.15) is 5.26 Å². The molecule has 0 aliphatic heterocycles. The number of aromatic nitrogens is 4. The molecule has 0 bridgehead atoms. The van der Waals surface area contributed by atoms with Crippen molar-refractivity contribution >= 4 is 50.5 Å². The van der Waals surface area contributed by atoms with E-state index < -0.39 is 0 Å². The summed E-state index contributed by atoms with van der Waals surface area (Å²) in [6.45, 7) is 0. The van der Waals surface area contributed by atoms with Gasteiger partial charge in [0.1, 0.15) is 22.4 Å². The minimum Gasteiger partial charge on any atom is -0.510 e. The molecule has 0 saturated heterocycles. The van der Waals surface area contributed by atoms with Crippen LogP contribution in [0.1, 0.15) is 23.9 Å². The van der Waals surface area contributed by atoms with Crippen molar-refractivity contribution in [2.45, 2.75) is 24.0 Å². The van der Waals surface area contributed by atoms with Gasteiger partial charge in [0, 0.05) is 11.1 Å². The molecule has 132 valence electrons. The van der Waals surface area contributed by atoms with Crippen LogP contribution in [0.5, 0.6) is 0 Å². The molecule has 10 heteroatoms. The smallest absolute Gasteiger partial charge is 0.344 e. The molecule has 1 aliphatic carbocycles. The zero-order chi connectivity index (χ0) is 18.3. The fourth-order valence-corrected chi connectivity index (χ4v) is 4.52. The normalized spacial score (nSPS) is 15.1. The Morgan fingerprint density at radius 1 is 1.54 bits per heavy atom. The lowest BCUT2D eigenvalue weighted by molar-refractivity contribution is 0.420. The summed E-state index contributed by atoms with van der Waals surface area (Å²) in [4.78, 5) is 16.2. The SMILES string of the molecule is N#C/C(=C(/O)CSc1n[nH]c(=O)n1C1CC1)c1nc2cc(Cl)ccc2s1. The third kappa shape index (κ3) is 3.23. The molecule has 7 nitrogen and oxygen atoms in total. The number of benzene rings is 1. The number of allylic oxidation sites excluding steroid dienone is 1. The lowest BCUT2D eigenvalue weighted by Gasteiger charge is -2.04. The first kappa shape index (κ1) is 17.1. The van der Waals surface area contributed by atoms with Crippen LogP contribution in [0.3, 0.4) is 0 Å². The van der Waals surface area contributed by atoms with Crippen LogP contribution in [0.2, 0.25) is 5.02 Å². The van der Waals surface area contributed by atoms with Crippen LogP contribution in [0.25, 0.3) is 15.8 Å². The third-order valence-corrected chi connectivity index (χ3v) is 6.14. The van der Waals surface area contributed by atoms with E-state index >= 15 is 0 Å². The fourth-order valence-electron chi connectivity index (χ4n) is 2.50. The Morgan fingerprint density at radius 3 is 3.08 bits per heavy atom. The van der Waals surface area contributed by atoms with Gasteiger partial charge in [0.25, 0.3) is 0 Å². The van der Waals surface area contributed by atoms with E-state index in [1.54, 1.807) is 16.7 Å². The number of hydrogen-bond donors (Lipinski definition) is 2. The summed E-state index contributed by atoms with van der Waals surface area (Å²) in [5, 5.41) is 27.8. The van der Waals surface area contributed by atoms with E-state index in [-0.39, 0.29) is 28.8 Å².